The van der Waals surface area contributed by atoms with Gasteiger partial charge in [0.2, 0.25) is 6.10 Å². The smallest absolute Gasteiger partial charge is 0.360 e. The summed E-state index contributed by atoms with van der Waals surface area (Å²) in [5.74, 6) is -0.931. The van der Waals surface area contributed by atoms with E-state index in [-0.39, 0.29) is 17.6 Å². The Balaban J connectivity index is 1.61. The highest BCUT2D eigenvalue weighted by Gasteiger charge is 2.31. The number of carbonyl (C=O) groups excluding carboxylic acids is 2. The molecule has 2 N–H and O–H groups in total. The van der Waals surface area contributed by atoms with Crippen LogP contribution in [-0.2, 0) is 9.53 Å². The molecule has 0 bridgehead atoms. The second kappa shape index (κ2) is 6.39. The molecule has 6 nitrogen and oxygen atoms in total. The number of esters is 1. The SMILES string of the molecule is O=C(OC(C(=O)NC1CC1)c1ccccc1)c1n[nH]c2ccccc12. The molecule has 1 amide bonds. The summed E-state index contributed by atoms with van der Waals surface area (Å²) in [7, 11) is 0. The van der Waals surface area contributed by atoms with Gasteiger partial charge in [-0.15, -0.1) is 0 Å². The summed E-state index contributed by atoms with van der Waals surface area (Å²) in [5, 5.41) is 10.4. The van der Waals surface area contributed by atoms with Crippen LogP contribution in [0.4, 0.5) is 0 Å². The number of hydrogen-bond donors (Lipinski definition) is 2. The number of H-pyrrole nitrogens is 1. The monoisotopic (exact) mass is 335 g/mol. The Morgan fingerprint density at radius 1 is 1.08 bits per heavy atom. The van der Waals surface area contributed by atoms with Crippen molar-refractivity contribution in [1.29, 1.82) is 0 Å². The van der Waals surface area contributed by atoms with Crippen LogP contribution in [0, 0.1) is 0 Å². The van der Waals surface area contributed by atoms with Crippen LogP contribution in [0.15, 0.2) is 54.6 Å². The summed E-state index contributed by atoms with van der Waals surface area (Å²) in [6.45, 7) is 0. The number of carbonyl (C=O) groups is 2. The van der Waals surface area contributed by atoms with Crippen molar-refractivity contribution in [2.24, 2.45) is 0 Å². The van der Waals surface area contributed by atoms with Gasteiger partial charge in [0.15, 0.2) is 5.69 Å². The third kappa shape index (κ3) is 3.24. The molecule has 1 aliphatic rings. The molecule has 1 aliphatic carbocycles. The van der Waals surface area contributed by atoms with Gasteiger partial charge in [0.25, 0.3) is 5.91 Å². The highest BCUT2D eigenvalue weighted by atomic mass is 16.5. The highest BCUT2D eigenvalue weighted by molar-refractivity contribution is 6.02. The lowest BCUT2D eigenvalue weighted by Crippen LogP contribution is -2.33. The minimum absolute atomic E-state index is 0.177. The average molecular weight is 335 g/mol. The van der Waals surface area contributed by atoms with Crippen molar-refractivity contribution in [2.45, 2.75) is 25.0 Å². The van der Waals surface area contributed by atoms with Crippen LogP contribution < -0.4 is 5.32 Å². The Kier molecular flexibility index (Phi) is 3.93. The number of fused-ring (bicyclic) bond motifs is 1. The Bertz CT molecular complexity index is 916. The first kappa shape index (κ1) is 15.4. The maximum Gasteiger partial charge on any atom is 0.360 e. The number of aromatic nitrogens is 2. The van der Waals surface area contributed by atoms with E-state index in [9.17, 15) is 9.59 Å². The first-order chi connectivity index (χ1) is 12.2. The van der Waals surface area contributed by atoms with Crippen LogP contribution in [0.3, 0.4) is 0 Å². The number of nitrogens with one attached hydrogen (secondary N) is 2. The number of hydrogen-bond acceptors (Lipinski definition) is 4. The summed E-state index contributed by atoms with van der Waals surface area (Å²) in [6.07, 6.45) is 0.931. The predicted molar refractivity (Wildman–Crippen MR) is 91.9 cm³/mol. The molecule has 25 heavy (non-hydrogen) atoms. The zero-order chi connectivity index (χ0) is 17.2. The van der Waals surface area contributed by atoms with Crippen molar-refractivity contribution in [3.8, 4) is 0 Å². The molecular formula is C19H17N3O3. The lowest BCUT2D eigenvalue weighted by molar-refractivity contribution is -0.130. The van der Waals surface area contributed by atoms with E-state index in [0.29, 0.717) is 10.9 Å². The largest absolute Gasteiger partial charge is 0.442 e. The lowest BCUT2D eigenvalue weighted by atomic mass is 10.1. The summed E-state index contributed by atoms with van der Waals surface area (Å²) in [5.41, 5.74) is 1.55. The fourth-order valence-electron chi connectivity index (χ4n) is 2.69. The van der Waals surface area contributed by atoms with Gasteiger partial charge < -0.3 is 10.1 Å². The fraction of sp³-hybridized carbons (Fsp3) is 0.211. The van der Waals surface area contributed by atoms with Gasteiger partial charge in [-0.3, -0.25) is 9.89 Å². The first-order valence-electron chi connectivity index (χ1n) is 8.22. The van der Waals surface area contributed by atoms with Crippen LogP contribution in [0.5, 0.6) is 0 Å². The molecule has 1 aromatic heterocycles. The topological polar surface area (TPSA) is 84.1 Å². The van der Waals surface area contributed by atoms with Crippen molar-refractivity contribution >= 4 is 22.8 Å². The number of nitrogens with zero attached hydrogens (tertiary/aromatic N) is 1. The molecule has 0 aliphatic heterocycles. The van der Waals surface area contributed by atoms with Crippen LogP contribution in [0.25, 0.3) is 10.9 Å². The summed E-state index contributed by atoms with van der Waals surface area (Å²) in [6, 6.07) is 16.5. The minimum atomic E-state index is -0.996. The Hall–Kier alpha value is -3.15. The molecule has 1 heterocycles. The molecule has 1 atom stereocenters. The highest BCUT2D eigenvalue weighted by Crippen LogP contribution is 2.25. The summed E-state index contributed by atoms with van der Waals surface area (Å²) >= 11 is 0. The van der Waals surface area contributed by atoms with Gasteiger partial charge >= 0.3 is 5.97 Å². The van der Waals surface area contributed by atoms with E-state index in [4.69, 9.17) is 4.74 Å². The molecule has 126 valence electrons. The number of benzene rings is 2. The van der Waals surface area contributed by atoms with Crippen molar-refractivity contribution in [1.82, 2.24) is 15.5 Å². The Labute approximate surface area is 144 Å². The Morgan fingerprint density at radius 3 is 2.56 bits per heavy atom. The van der Waals surface area contributed by atoms with Crippen molar-refractivity contribution < 1.29 is 14.3 Å². The molecule has 0 saturated heterocycles. The molecule has 0 radical (unpaired) electrons. The van der Waals surface area contributed by atoms with Gasteiger partial charge in [-0.2, -0.15) is 5.10 Å². The molecule has 3 aromatic rings. The number of rotatable bonds is 5. The third-order valence-corrected chi connectivity index (χ3v) is 4.15. The van der Waals surface area contributed by atoms with Gasteiger partial charge in [-0.1, -0.05) is 48.5 Å². The zero-order valence-corrected chi connectivity index (χ0v) is 13.4. The second-order valence-electron chi connectivity index (χ2n) is 6.10. The first-order valence-corrected chi connectivity index (χ1v) is 8.22. The van der Waals surface area contributed by atoms with Crippen molar-refractivity contribution in [2.75, 3.05) is 0 Å². The number of para-hydroxylation sites is 1. The van der Waals surface area contributed by atoms with Gasteiger partial charge in [-0.25, -0.2) is 4.79 Å². The van der Waals surface area contributed by atoms with Crippen molar-refractivity contribution in [3.63, 3.8) is 0 Å². The molecule has 1 fully saturated rings. The third-order valence-electron chi connectivity index (χ3n) is 4.15. The fourth-order valence-corrected chi connectivity index (χ4v) is 2.69. The van der Waals surface area contributed by atoms with Gasteiger partial charge in [0, 0.05) is 17.0 Å². The maximum absolute atomic E-state index is 12.6. The van der Waals surface area contributed by atoms with E-state index >= 15 is 0 Å². The van der Waals surface area contributed by atoms with E-state index in [2.05, 4.69) is 15.5 Å². The van der Waals surface area contributed by atoms with Gasteiger partial charge in [0.1, 0.15) is 0 Å². The maximum atomic E-state index is 12.6. The average Bonchev–Trinajstić information content (AvgIpc) is 3.35. The number of amides is 1. The molecule has 1 unspecified atom stereocenters. The second-order valence-corrected chi connectivity index (χ2v) is 6.10. The minimum Gasteiger partial charge on any atom is -0.442 e. The molecule has 2 aromatic carbocycles. The van der Waals surface area contributed by atoms with E-state index in [1.807, 2.05) is 36.4 Å². The normalized spacial score (nSPS) is 14.9. The predicted octanol–water partition coefficient (Wildman–Crippen LogP) is 2.74. The molecule has 6 heteroatoms. The van der Waals surface area contributed by atoms with Crippen LogP contribution in [0.1, 0.15) is 35.0 Å². The van der Waals surface area contributed by atoms with Crippen LogP contribution in [0.2, 0.25) is 0 Å². The molecule has 0 spiro atoms. The van der Waals surface area contributed by atoms with Crippen LogP contribution in [-0.4, -0.2) is 28.1 Å². The number of ether oxygens (including phenoxy) is 1. The lowest BCUT2D eigenvalue weighted by Gasteiger charge is -2.17. The molecule has 1 saturated carbocycles. The Morgan fingerprint density at radius 2 is 1.80 bits per heavy atom. The standard InChI is InChI=1S/C19H17N3O3/c23-18(20-13-10-11-13)17(12-6-2-1-3-7-12)25-19(24)16-14-8-4-5-9-15(14)21-22-16/h1-9,13,17H,10-11H2,(H,20,23)(H,21,22). The summed E-state index contributed by atoms with van der Waals surface area (Å²) in [4.78, 5) is 25.2. The number of aromatic amines is 1. The van der Waals surface area contributed by atoms with E-state index < -0.39 is 12.1 Å². The zero-order valence-electron chi connectivity index (χ0n) is 13.4. The quantitative estimate of drug-likeness (QED) is 0.702. The van der Waals surface area contributed by atoms with E-state index in [1.165, 1.54) is 0 Å². The summed E-state index contributed by atoms with van der Waals surface area (Å²) < 4.78 is 5.55. The molecular weight excluding hydrogens is 318 g/mol. The van der Waals surface area contributed by atoms with E-state index in [1.54, 1.807) is 18.2 Å². The van der Waals surface area contributed by atoms with E-state index in [0.717, 1.165) is 18.4 Å². The van der Waals surface area contributed by atoms with Gasteiger partial charge in [0.05, 0.1) is 5.52 Å². The van der Waals surface area contributed by atoms with Gasteiger partial charge in [-0.05, 0) is 18.9 Å². The molecule has 4 rings (SSSR count). The van der Waals surface area contributed by atoms with Crippen LogP contribution >= 0.6 is 0 Å². The van der Waals surface area contributed by atoms with Crippen molar-refractivity contribution in [3.05, 3.63) is 65.9 Å².